The highest BCUT2D eigenvalue weighted by atomic mass is 19.4. The minimum absolute atomic E-state index is 0.00677. The van der Waals surface area contributed by atoms with Crippen molar-refractivity contribution in [2.45, 2.75) is 44.6 Å². The van der Waals surface area contributed by atoms with Crippen molar-refractivity contribution < 1.29 is 35.9 Å². The van der Waals surface area contributed by atoms with Crippen molar-refractivity contribution in [2.24, 2.45) is 5.92 Å². The molecule has 1 aromatic heterocycles. The molecular weight excluding hydrogens is 506 g/mol. The minimum Gasteiger partial charge on any atom is -0.339 e. The lowest BCUT2D eigenvalue weighted by Crippen LogP contribution is -2.60. The summed E-state index contributed by atoms with van der Waals surface area (Å²) < 4.78 is 78.6. The molecule has 4 rings (SSSR count). The van der Waals surface area contributed by atoms with Crippen LogP contribution < -0.4 is 4.90 Å². The predicted octanol–water partition coefficient (Wildman–Crippen LogP) is 3.10. The molecule has 3 heterocycles. The average Bonchev–Trinajstić information content (AvgIpc) is 3.17. The van der Waals surface area contributed by atoms with E-state index < -0.39 is 35.3 Å². The number of hydrogen-bond donors (Lipinski definition) is 1. The number of alkyl halides is 6. The molecule has 3 fully saturated rings. The highest BCUT2D eigenvalue weighted by Crippen LogP contribution is 2.38. The van der Waals surface area contributed by atoms with E-state index in [0.717, 1.165) is 12.4 Å². The van der Waals surface area contributed by atoms with Gasteiger partial charge in [-0.1, -0.05) is 6.92 Å². The summed E-state index contributed by atoms with van der Waals surface area (Å²) in [6.07, 6.45) is -7.91. The number of piperazine rings is 1. The van der Waals surface area contributed by atoms with E-state index in [4.69, 9.17) is 5.41 Å². The van der Waals surface area contributed by atoms with E-state index in [1.807, 2.05) is 0 Å². The lowest BCUT2D eigenvalue weighted by Gasteiger charge is -2.45. The van der Waals surface area contributed by atoms with Gasteiger partial charge in [0.2, 0.25) is 11.9 Å². The van der Waals surface area contributed by atoms with Gasteiger partial charge in [0.1, 0.15) is 5.57 Å². The molecule has 2 aliphatic heterocycles. The second kappa shape index (κ2) is 10.0. The SMILES string of the molecule is CCC(=O)/C(=C1/CCC(N2CC(C(=O)N3CCN(c4ncc(C(F)(F)F)cn4)CC3)C2)C1=N)C(F)(F)F. The number of Topliss-reactive ketones (excluding diaryl/α,β-unsaturated/α-hetero) is 1. The Hall–Kier alpha value is -3.03. The number of aromatic nitrogens is 2. The van der Waals surface area contributed by atoms with Crippen LogP contribution in [0.2, 0.25) is 0 Å². The summed E-state index contributed by atoms with van der Waals surface area (Å²) in [5.41, 5.74) is -2.62. The maximum Gasteiger partial charge on any atom is 0.420 e. The molecule has 3 aliphatic rings. The van der Waals surface area contributed by atoms with Crippen molar-refractivity contribution in [1.82, 2.24) is 19.8 Å². The molecule has 0 bridgehead atoms. The normalized spacial score (nSPS) is 23.3. The van der Waals surface area contributed by atoms with Crippen molar-refractivity contribution in [3.8, 4) is 0 Å². The Morgan fingerprint density at radius 3 is 2.14 bits per heavy atom. The molecule has 1 atom stereocenters. The van der Waals surface area contributed by atoms with Crippen LogP contribution >= 0.6 is 0 Å². The van der Waals surface area contributed by atoms with Gasteiger partial charge in [-0.25, -0.2) is 9.97 Å². The Morgan fingerprint density at radius 1 is 1.03 bits per heavy atom. The van der Waals surface area contributed by atoms with Gasteiger partial charge in [-0.2, -0.15) is 26.3 Å². The number of carbonyl (C=O) groups excluding carboxylic acids is 2. The smallest absolute Gasteiger partial charge is 0.339 e. The molecule has 0 radical (unpaired) electrons. The zero-order chi connectivity index (χ0) is 27.1. The number of halogens is 6. The maximum absolute atomic E-state index is 13.5. The number of likely N-dealkylation sites (tertiary alicyclic amines) is 1. The molecular formula is C23H26F6N6O2. The summed E-state index contributed by atoms with van der Waals surface area (Å²) in [5.74, 6) is -1.33. The zero-order valence-electron chi connectivity index (χ0n) is 20.0. The maximum atomic E-state index is 13.5. The van der Waals surface area contributed by atoms with E-state index in [-0.39, 0.29) is 48.3 Å². The second-order valence-electron chi connectivity index (χ2n) is 9.33. The van der Waals surface area contributed by atoms with Crippen molar-refractivity contribution >= 4 is 23.4 Å². The number of anilines is 1. The first-order valence-electron chi connectivity index (χ1n) is 11.9. The molecule has 2 saturated heterocycles. The summed E-state index contributed by atoms with van der Waals surface area (Å²) in [7, 11) is 0. The third-order valence-electron chi connectivity index (χ3n) is 7.05. The Morgan fingerprint density at radius 2 is 1.62 bits per heavy atom. The first-order valence-corrected chi connectivity index (χ1v) is 11.9. The molecule has 1 unspecified atom stereocenters. The van der Waals surface area contributed by atoms with Gasteiger partial charge in [0.05, 0.1) is 23.2 Å². The van der Waals surface area contributed by atoms with Crippen LogP contribution in [0.25, 0.3) is 0 Å². The first kappa shape index (κ1) is 27.0. The molecule has 1 N–H and O–H groups in total. The van der Waals surface area contributed by atoms with Crippen molar-refractivity contribution in [3.63, 3.8) is 0 Å². The molecule has 1 aliphatic carbocycles. The lowest BCUT2D eigenvalue weighted by molar-refractivity contribution is -0.142. The zero-order valence-corrected chi connectivity index (χ0v) is 20.0. The Labute approximate surface area is 208 Å². The Kier molecular flexibility index (Phi) is 7.32. The number of nitrogens with one attached hydrogen (secondary N) is 1. The summed E-state index contributed by atoms with van der Waals surface area (Å²) in [6, 6.07) is -0.560. The first-order chi connectivity index (χ1) is 17.3. The third kappa shape index (κ3) is 5.48. The molecule has 14 heteroatoms. The monoisotopic (exact) mass is 532 g/mol. The van der Waals surface area contributed by atoms with Crippen molar-refractivity contribution in [3.05, 3.63) is 29.1 Å². The van der Waals surface area contributed by atoms with Gasteiger partial charge in [-0.05, 0) is 18.4 Å². The van der Waals surface area contributed by atoms with Gasteiger partial charge in [0, 0.05) is 58.1 Å². The number of carbonyl (C=O) groups is 2. The fraction of sp³-hybridized carbons (Fsp3) is 0.609. The highest BCUT2D eigenvalue weighted by Gasteiger charge is 2.47. The molecule has 1 saturated carbocycles. The van der Waals surface area contributed by atoms with Crippen LogP contribution in [0, 0.1) is 11.3 Å². The molecule has 1 aromatic rings. The van der Waals surface area contributed by atoms with Crippen LogP contribution in [-0.4, -0.2) is 88.7 Å². The van der Waals surface area contributed by atoms with Crippen LogP contribution in [0.15, 0.2) is 23.5 Å². The summed E-state index contributed by atoms with van der Waals surface area (Å²) in [4.78, 5) is 37.6. The van der Waals surface area contributed by atoms with Crippen LogP contribution in [0.5, 0.6) is 0 Å². The molecule has 0 aromatic carbocycles. The summed E-state index contributed by atoms with van der Waals surface area (Å²) in [5, 5.41) is 8.30. The van der Waals surface area contributed by atoms with E-state index in [0.29, 0.717) is 39.3 Å². The van der Waals surface area contributed by atoms with Crippen molar-refractivity contribution in [2.75, 3.05) is 44.2 Å². The standard InChI is InChI=1S/C23H26F6N6O2/c1-2-17(36)18(23(27,28)29)15-3-4-16(19(15)30)35-11-13(12-35)20(37)33-5-7-34(8-6-33)21-31-9-14(10-32-21)22(24,25)26/h9-10,13,16,30H,2-8,11-12H2,1H3/b18-15+,30-19?. The minimum atomic E-state index is -4.81. The average molecular weight is 532 g/mol. The quantitative estimate of drug-likeness (QED) is 0.463. The fourth-order valence-corrected chi connectivity index (χ4v) is 5.00. The molecule has 37 heavy (non-hydrogen) atoms. The van der Waals surface area contributed by atoms with Crippen LogP contribution in [-0.2, 0) is 15.8 Å². The fourth-order valence-electron chi connectivity index (χ4n) is 5.00. The summed E-state index contributed by atoms with van der Waals surface area (Å²) in [6.45, 7) is 3.34. The number of rotatable bonds is 5. The Balaban J connectivity index is 1.30. The summed E-state index contributed by atoms with van der Waals surface area (Å²) >= 11 is 0. The van der Waals surface area contributed by atoms with E-state index >= 15 is 0 Å². The van der Waals surface area contributed by atoms with Gasteiger partial charge in [-0.15, -0.1) is 0 Å². The van der Waals surface area contributed by atoms with Crippen LogP contribution in [0.4, 0.5) is 32.3 Å². The van der Waals surface area contributed by atoms with E-state index in [9.17, 15) is 35.9 Å². The number of ketones is 1. The van der Waals surface area contributed by atoms with E-state index in [1.165, 1.54) is 6.92 Å². The van der Waals surface area contributed by atoms with Crippen LogP contribution in [0.1, 0.15) is 31.7 Å². The predicted molar refractivity (Wildman–Crippen MR) is 120 cm³/mol. The molecule has 8 nitrogen and oxygen atoms in total. The molecule has 0 spiro atoms. The lowest BCUT2D eigenvalue weighted by atomic mass is 9.93. The topological polar surface area (TPSA) is 93.5 Å². The highest BCUT2D eigenvalue weighted by molar-refractivity contribution is 6.11. The van der Waals surface area contributed by atoms with Gasteiger partial charge in [0.25, 0.3) is 0 Å². The van der Waals surface area contributed by atoms with E-state index in [2.05, 4.69) is 9.97 Å². The molecule has 202 valence electrons. The van der Waals surface area contributed by atoms with Crippen molar-refractivity contribution in [1.29, 1.82) is 5.41 Å². The third-order valence-corrected chi connectivity index (χ3v) is 7.05. The Bertz CT molecular complexity index is 1090. The van der Waals surface area contributed by atoms with Gasteiger partial charge >= 0.3 is 12.4 Å². The second-order valence-corrected chi connectivity index (χ2v) is 9.33. The van der Waals surface area contributed by atoms with Gasteiger partial charge < -0.3 is 15.2 Å². The van der Waals surface area contributed by atoms with Gasteiger partial charge in [-0.3, -0.25) is 14.5 Å². The number of amides is 1. The number of hydrogen-bond acceptors (Lipinski definition) is 7. The van der Waals surface area contributed by atoms with Gasteiger partial charge in [0.15, 0.2) is 5.78 Å². The number of nitrogens with zero attached hydrogens (tertiary/aromatic N) is 5. The van der Waals surface area contributed by atoms with Crippen LogP contribution in [0.3, 0.4) is 0 Å². The van der Waals surface area contributed by atoms with E-state index in [1.54, 1.807) is 14.7 Å². The molecule has 1 amide bonds. The largest absolute Gasteiger partial charge is 0.420 e. The number of allylic oxidation sites excluding steroid dienone is 1.